The van der Waals surface area contributed by atoms with Gasteiger partial charge in [0.1, 0.15) is 0 Å². The Kier molecular flexibility index (Phi) is 6.25. The maximum absolute atomic E-state index is 12.0. The van der Waals surface area contributed by atoms with Gasteiger partial charge in [-0.2, -0.15) is 0 Å². The van der Waals surface area contributed by atoms with E-state index in [0.29, 0.717) is 19.4 Å². The van der Waals surface area contributed by atoms with E-state index in [1.165, 1.54) is 6.26 Å². The number of hydrogen-bond donors (Lipinski definition) is 3. The van der Waals surface area contributed by atoms with Crippen LogP contribution in [0.3, 0.4) is 0 Å². The maximum Gasteiger partial charge on any atom is 0.286 e. The minimum atomic E-state index is -0.276. The number of carbonyl (C=O) groups excluding carboxylic acids is 2. The lowest BCUT2D eigenvalue weighted by Crippen LogP contribution is -2.25. The average molecular weight is 363 g/mol. The highest BCUT2D eigenvalue weighted by Crippen LogP contribution is 2.18. The van der Waals surface area contributed by atoms with Gasteiger partial charge in [-0.05, 0) is 55.0 Å². The predicted molar refractivity (Wildman–Crippen MR) is 105 cm³/mol. The van der Waals surface area contributed by atoms with Gasteiger partial charge in [0.25, 0.3) is 5.91 Å². The van der Waals surface area contributed by atoms with Crippen LogP contribution in [0.15, 0.2) is 77.4 Å². The van der Waals surface area contributed by atoms with E-state index in [2.05, 4.69) is 16.0 Å². The molecule has 27 heavy (non-hydrogen) atoms. The summed E-state index contributed by atoms with van der Waals surface area (Å²) in [6.07, 6.45) is 2.32. The molecule has 3 aromatic rings. The van der Waals surface area contributed by atoms with Crippen LogP contribution in [0.5, 0.6) is 0 Å². The molecule has 6 nitrogen and oxygen atoms in total. The molecule has 0 saturated carbocycles. The lowest BCUT2D eigenvalue weighted by Gasteiger charge is -2.09. The summed E-state index contributed by atoms with van der Waals surface area (Å²) in [4.78, 5) is 23.7. The molecule has 3 rings (SSSR count). The Morgan fingerprint density at radius 3 is 2.22 bits per heavy atom. The zero-order chi connectivity index (χ0) is 18.9. The van der Waals surface area contributed by atoms with Gasteiger partial charge in [-0.15, -0.1) is 0 Å². The maximum atomic E-state index is 12.0. The van der Waals surface area contributed by atoms with Crippen LogP contribution < -0.4 is 16.0 Å². The van der Waals surface area contributed by atoms with E-state index < -0.39 is 0 Å². The van der Waals surface area contributed by atoms with Crippen LogP contribution in [0, 0.1) is 0 Å². The highest BCUT2D eigenvalue weighted by molar-refractivity contribution is 5.92. The SMILES string of the molecule is O=C(CCCNC(=O)c1ccco1)Nc1ccc(Nc2ccccc2)cc1. The highest BCUT2D eigenvalue weighted by atomic mass is 16.3. The van der Waals surface area contributed by atoms with Gasteiger partial charge < -0.3 is 20.4 Å². The second kappa shape index (κ2) is 9.24. The summed E-state index contributed by atoms with van der Waals surface area (Å²) in [6, 6.07) is 20.6. The number of nitrogens with one attached hydrogen (secondary N) is 3. The van der Waals surface area contributed by atoms with Gasteiger partial charge >= 0.3 is 0 Å². The summed E-state index contributed by atoms with van der Waals surface area (Å²) in [5, 5.41) is 8.85. The zero-order valence-corrected chi connectivity index (χ0v) is 14.8. The predicted octanol–water partition coefficient (Wildman–Crippen LogP) is 4.17. The van der Waals surface area contributed by atoms with Crippen LogP contribution in [0.4, 0.5) is 17.1 Å². The molecular formula is C21H21N3O3. The minimum absolute atomic E-state index is 0.0917. The van der Waals surface area contributed by atoms with Crippen LogP contribution >= 0.6 is 0 Å². The fourth-order valence-corrected chi connectivity index (χ4v) is 2.49. The zero-order valence-electron chi connectivity index (χ0n) is 14.8. The van der Waals surface area contributed by atoms with E-state index in [4.69, 9.17) is 4.42 Å². The molecule has 0 fully saturated rings. The molecule has 0 radical (unpaired) electrons. The Hall–Kier alpha value is -3.54. The van der Waals surface area contributed by atoms with Crippen molar-refractivity contribution in [2.75, 3.05) is 17.2 Å². The first kappa shape index (κ1) is 18.3. The van der Waals surface area contributed by atoms with E-state index in [1.807, 2.05) is 54.6 Å². The number of hydrogen-bond acceptors (Lipinski definition) is 4. The van der Waals surface area contributed by atoms with E-state index in [1.54, 1.807) is 12.1 Å². The third kappa shape index (κ3) is 5.74. The van der Waals surface area contributed by atoms with Crippen molar-refractivity contribution < 1.29 is 14.0 Å². The molecule has 0 atom stereocenters. The lowest BCUT2D eigenvalue weighted by molar-refractivity contribution is -0.116. The molecule has 0 unspecified atom stereocenters. The Bertz CT molecular complexity index is 859. The number of para-hydroxylation sites is 1. The van der Waals surface area contributed by atoms with Crippen LogP contribution in [0.25, 0.3) is 0 Å². The quantitative estimate of drug-likeness (QED) is 0.525. The third-order valence-electron chi connectivity index (χ3n) is 3.84. The molecule has 0 bridgehead atoms. The van der Waals surface area contributed by atoms with Crippen molar-refractivity contribution in [2.45, 2.75) is 12.8 Å². The molecule has 0 aliphatic carbocycles. The minimum Gasteiger partial charge on any atom is -0.459 e. The van der Waals surface area contributed by atoms with Crippen LogP contribution in [0.1, 0.15) is 23.4 Å². The van der Waals surface area contributed by atoms with Gasteiger partial charge in [0.05, 0.1) is 6.26 Å². The first-order valence-corrected chi connectivity index (χ1v) is 8.74. The molecule has 0 saturated heterocycles. The molecule has 6 heteroatoms. The Morgan fingerprint density at radius 2 is 1.52 bits per heavy atom. The van der Waals surface area contributed by atoms with Crippen LogP contribution in [0.2, 0.25) is 0 Å². The summed E-state index contributed by atoms with van der Waals surface area (Å²) in [5.74, 6) is -0.100. The molecule has 1 heterocycles. The number of furan rings is 1. The molecule has 0 aliphatic heterocycles. The Balaban J connectivity index is 1.38. The fourth-order valence-electron chi connectivity index (χ4n) is 2.49. The molecule has 3 N–H and O–H groups in total. The van der Waals surface area contributed by atoms with Crippen molar-refractivity contribution in [1.29, 1.82) is 0 Å². The van der Waals surface area contributed by atoms with Crippen molar-refractivity contribution in [3.05, 3.63) is 78.8 Å². The third-order valence-corrected chi connectivity index (χ3v) is 3.84. The number of anilines is 3. The van der Waals surface area contributed by atoms with E-state index in [-0.39, 0.29) is 17.6 Å². The Morgan fingerprint density at radius 1 is 0.815 bits per heavy atom. The number of rotatable bonds is 8. The first-order valence-electron chi connectivity index (χ1n) is 8.74. The van der Waals surface area contributed by atoms with Gasteiger partial charge in [0.15, 0.2) is 5.76 Å². The van der Waals surface area contributed by atoms with Gasteiger partial charge in [0, 0.05) is 30.0 Å². The topological polar surface area (TPSA) is 83.4 Å². The van der Waals surface area contributed by atoms with Gasteiger partial charge in [-0.3, -0.25) is 9.59 Å². The second-order valence-corrected chi connectivity index (χ2v) is 5.95. The first-order chi connectivity index (χ1) is 13.2. The van der Waals surface area contributed by atoms with Gasteiger partial charge in [0.2, 0.25) is 5.91 Å². The van der Waals surface area contributed by atoms with E-state index in [0.717, 1.165) is 17.1 Å². The number of carbonyl (C=O) groups is 2. The summed E-state index contributed by atoms with van der Waals surface area (Å²) in [5.41, 5.74) is 2.68. The van der Waals surface area contributed by atoms with Crippen molar-refractivity contribution in [3.8, 4) is 0 Å². The second-order valence-electron chi connectivity index (χ2n) is 5.95. The van der Waals surface area contributed by atoms with Crippen molar-refractivity contribution >= 4 is 28.9 Å². The molecule has 1 aromatic heterocycles. The van der Waals surface area contributed by atoms with Gasteiger partial charge in [-0.1, -0.05) is 18.2 Å². The monoisotopic (exact) mass is 363 g/mol. The van der Waals surface area contributed by atoms with E-state index in [9.17, 15) is 9.59 Å². The summed E-state index contributed by atoms with van der Waals surface area (Å²) < 4.78 is 5.00. The Labute approximate surface area is 157 Å². The van der Waals surface area contributed by atoms with Gasteiger partial charge in [-0.25, -0.2) is 0 Å². The molecule has 2 aromatic carbocycles. The molecule has 0 spiro atoms. The normalized spacial score (nSPS) is 10.2. The van der Waals surface area contributed by atoms with Crippen molar-refractivity contribution in [1.82, 2.24) is 5.32 Å². The highest BCUT2D eigenvalue weighted by Gasteiger charge is 2.08. The lowest BCUT2D eigenvalue weighted by atomic mass is 10.2. The molecule has 2 amide bonds. The number of amides is 2. The summed E-state index contributed by atoms with van der Waals surface area (Å²) in [7, 11) is 0. The summed E-state index contributed by atoms with van der Waals surface area (Å²) in [6.45, 7) is 0.410. The van der Waals surface area contributed by atoms with Crippen LogP contribution in [-0.2, 0) is 4.79 Å². The molecule has 0 aliphatic rings. The van der Waals surface area contributed by atoms with E-state index >= 15 is 0 Å². The standard InChI is InChI=1S/C21H21N3O3/c25-20(9-4-14-22-21(26)19-8-5-15-27-19)24-18-12-10-17(11-13-18)23-16-6-2-1-3-7-16/h1-3,5-8,10-13,15,23H,4,9,14H2,(H,22,26)(H,24,25). The fraction of sp³-hybridized carbons (Fsp3) is 0.143. The molecular weight excluding hydrogens is 342 g/mol. The van der Waals surface area contributed by atoms with Crippen LogP contribution in [-0.4, -0.2) is 18.4 Å². The largest absolute Gasteiger partial charge is 0.459 e. The smallest absolute Gasteiger partial charge is 0.286 e. The van der Waals surface area contributed by atoms with Crippen molar-refractivity contribution in [2.24, 2.45) is 0 Å². The number of benzene rings is 2. The van der Waals surface area contributed by atoms with Crippen molar-refractivity contribution in [3.63, 3.8) is 0 Å². The molecule has 138 valence electrons. The average Bonchev–Trinajstić information content (AvgIpc) is 3.22. The summed E-state index contributed by atoms with van der Waals surface area (Å²) >= 11 is 0.